The van der Waals surface area contributed by atoms with Gasteiger partial charge in [0.1, 0.15) is 0 Å². The lowest BCUT2D eigenvalue weighted by atomic mass is 10.0. The van der Waals surface area contributed by atoms with E-state index in [4.69, 9.17) is 0 Å². The maximum absolute atomic E-state index is 12.5. The first-order chi connectivity index (χ1) is 13.6. The van der Waals surface area contributed by atoms with Gasteiger partial charge in [-0.1, -0.05) is 66.7 Å². The van der Waals surface area contributed by atoms with E-state index in [0.29, 0.717) is 10.7 Å². The molecule has 1 amide bonds. The quantitative estimate of drug-likeness (QED) is 0.372. The number of thiazole rings is 1. The van der Waals surface area contributed by atoms with Crippen molar-refractivity contribution in [3.8, 4) is 22.4 Å². The molecule has 28 heavy (non-hydrogen) atoms. The Kier molecular flexibility index (Phi) is 5.37. The third-order valence-corrected chi connectivity index (χ3v) is 5.98. The molecule has 0 aliphatic heterocycles. The topological polar surface area (TPSA) is 42.0 Å². The van der Waals surface area contributed by atoms with Crippen molar-refractivity contribution in [1.29, 1.82) is 0 Å². The second kappa shape index (κ2) is 8.09. The Morgan fingerprint density at radius 1 is 0.857 bits per heavy atom. The van der Waals surface area contributed by atoms with Crippen molar-refractivity contribution < 1.29 is 4.79 Å². The summed E-state index contributed by atoms with van der Waals surface area (Å²) in [5.41, 5.74) is 4.87. The Morgan fingerprint density at radius 3 is 2.18 bits per heavy atom. The number of halogens is 1. The van der Waals surface area contributed by atoms with E-state index in [2.05, 4.69) is 62.6 Å². The van der Waals surface area contributed by atoms with E-state index < -0.39 is 0 Å². The number of benzene rings is 3. The van der Waals surface area contributed by atoms with Gasteiger partial charge in [0.25, 0.3) is 5.91 Å². The summed E-state index contributed by atoms with van der Waals surface area (Å²) < 4.78 is 0.762. The zero-order valence-electron chi connectivity index (χ0n) is 15.1. The van der Waals surface area contributed by atoms with Gasteiger partial charge in [-0.25, -0.2) is 4.98 Å². The minimum atomic E-state index is -0.174. The van der Waals surface area contributed by atoms with Gasteiger partial charge in [-0.05, 0) is 46.1 Å². The van der Waals surface area contributed by atoms with E-state index in [1.54, 1.807) is 6.07 Å². The summed E-state index contributed by atoms with van der Waals surface area (Å²) in [5.74, 6) is -0.174. The summed E-state index contributed by atoms with van der Waals surface area (Å²) in [6.45, 7) is 2.02. The van der Waals surface area contributed by atoms with Crippen LogP contribution in [0.3, 0.4) is 0 Å². The van der Waals surface area contributed by atoms with Crippen molar-refractivity contribution in [2.24, 2.45) is 0 Å². The average Bonchev–Trinajstić information content (AvgIpc) is 3.09. The highest BCUT2D eigenvalue weighted by molar-refractivity contribution is 9.10. The molecule has 1 heterocycles. The van der Waals surface area contributed by atoms with Crippen LogP contribution in [0.4, 0.5) is 5.13 Å². The third-order valence-electron chi connectivity index (χ3n) is 4.40. The van der Waals surface area contributed by atoms with Crippen LogP contribution in [-0.2, 0) is 0 Å². The summed E-state index contributed by atoms with van der Waals surface area (Å²) in [7, 11) is 0. The summed E-state index contributed by atoms with van der Waals surface area (Å²) in [5, 5.41) is 3.50. The average molecular weight is 449 g/mol. The van der Waals surface area contributed by atoms with E-state index in [-0.39, 0.29) is 5.91 Å². The number of aromatic nitrogens is 1. The fourth-order valence-electron chi connectivity index (χ4n) is 2.98. The number of carbonyl (C=O) groups is 1. The maximum Gasteiger partial charge on any atom is 0.258 e. The second-order valence-electron chi connectivity index (χ2n) is 6.30. The van der Waals surface area contributed by atoms with Crippen LogP contribution >= 0.6 is 27.3 Å². The molecule has 4 aromatic rings. The number of hydrogen-bond donors (Lipinski definition) is 1. The van der Waals surface area contributed by atoms with Gasteiger partial charge >= 0.3 is 0 Å². The fraction of sp³-hybridized carbons (Fsp3) is 0.0435. The lowest BCUT2D eigenvalue weighted by molar-refractivity contribution is 0.102. The normalized spacial score (nSPS) is 10.6. The van der Waals surface area contributed by atoms with Crippen molar-refractivity contribution in [3.63, 3.8) is 0 Å². The highest BCUT2D eigenvalue weighted by atomic mass is 79.9. The molecule has 0 atom stereocenters. The minimum absolute atomic E-state index is 0.174. The van der Waals surface area contributed by atoms with Crippen LogP contribution in [0.15, 0.2) is 83.3 Å². The van der Waals surface area contributed by atoms with Crippen molar-refractivity contribution >= 4 is 38.3 Å². The van der Waals surface area contributed by atoms with Gasteiger partial charge in [-0.3, -0.25) is 10.1 Å². The molecule has 0 bridgehead atoms. The number of aryl methyl sites for hydroxylation is 1. The molecule has 0 unspecified atom stereocenters. The Hall–Kier alpha value is -2.76. The van der Waals surface area contributed by atoms with Crippen LogP contribution in [0.2, 0.25) is 0 Å². The molecular weight excluding hydrogens is 432 g/mol. The first kappa shape index (κ1) is 18.6. The number of nitrogens with zero attached hydrogens (tertiary/aromatic N) is 1. The standard InChI is InChI=1S/C23H17BrN2OS/c1-15-21(18-13-11-17(12-14-18)16-7-3-2-4-8-16)25-23(28-15)26-22(27)19-9-5-6-10-20(19)24/h2-14H,1H3,(H,25,26,27). The van der Waals surface area contributed by atoms with Gasteiger partial charge in [-0.2, -0.15) is 0 Å². The van der Waals surface area contributed by atoms with Gasteiger partial charge in [0.15, 0.2) is 5.13 Å². The predicted molar refractivity (Wildman–Crippen MR) is 120 cm³/mol. The van der Waals surface area contributed by atoms with Crippen LogP contribution < -0.4 is 5.32 Å². The predicted octanol–water partition coefficient (Wildman–Crippen LogP) is 6.80. The largest absolute Gasteiger partial charge is 0.298 e. The van der Waals surface area contributed by atoms with Gasteiger partial charge in [0.05, 0.1) is 11.3 Å². The molecule has 0 aliphatic carbocycles. The zero-order chi connectivity index (χ0) is 19.5. The van der Waals surface area contributed by atoms with Crippen molar-refractivity contribution in [3.05, 3.63) is 93.8 Å². The van der Waals surface area contributed by atoms with E-state index >= 15 is 0 Å². The SMILES string of the molecule is Cc1sc(NC(=O)c2ccccc2Br)nc1-c1ccc(-c2ccccc2)cc1. The maximum atomic E-state index is 12.5. The van der Waals surface area contributed by atoms with Gasteiger partial charge in [0, 0.05) is 14.9 Å². The Bertz CT molecular complexity index is 1120. The number of anilines is 1. The number of nitrogens with one attached hydrogen (secondary N) is 1. The molecule has 4 rings (SSSR count). The van der Waals surface area contributed by atoms with E-state index in [1.807, 2.05) is 43.3 Å². The van der Waals surface area contributed by atoms with Crippen molar-refractivity contribution in [1.82, 2.24) is 4.98 Å². The molecule has 3 nitrogen and oxygen atoms in total. The van der Waals surface area contributed by atoms with Crippen molar-refractivity contribution in [2.75, 3.05) is 5.32 Å². The summed E-state index contributed by atoms with van der Waals surface area (Å²) >= 11 is 4.90. The fourth-order valence-corrected chi connectivity index (χ4v) is 4.27. The highest BCUT2D eigenvalue weighted by Gasteiger charge is 2.15. The number of hydrogen-bond acceptors (Lipinski definition) is 3. The summed E-state index contributed by atoms with van der Waals surface area (Å²) in [6.07, 6.45) is 0. The smallest absolute Gasteiger partial charge is 0.258 e. The molecule has 3 aromatic carbocycles. The first-order valence-electron chi connectivity index (χ1n) is 8.81. The van der Waals surface area contributed by atoms with Crippen LogP contribution in [0.25, 0.3) is 22.4 Å². The molecule has 5 heteroatoms. The monoisotopic (exact) mass is 448 g/mol. The molecule has 138 valence electrons. The Labute approximate surface area is 176 Å². The summed E-state index contributed by atoms with van der Waals surface area (Å²) in [4.78, 5) is 18.2. The second-order valence-corrected chi connectivity index (χ2v) is 8.36. The van der Waals surface area contributed by atoms with Crippen LogP contribution in [-0.4, -0.2) is 10.9 Å². The molecule has 0 aliphatic rings. The van der Waals surface area contributed by atoms with E-state index in [0.717, 1.165) is 20.6 Å². The Morgan fingerprint density at radius 2 is 1.46 bits per heavy atom. The molecule has 1 N–H and O–H groups in total. The molecule has 1 aromatic heterocycles. The molecule has 0 saturated heterocycles. The van der Waals surface area contributed by atoms with Crippen LogP contribution in [0.5, 0.6) is 0 Å². The summed E-state index contributed by atoms with van der Waals surface area (Å²) in [6, 6.07) is 26.0. The van der Waals surface area contributed by atoms with E-state index in [9.17, 15) is 4.79 Å². The molecule has 0 fully saturated rings. The number of amides is 1. The van der Waals surface area contributed by atoms with Gasteiger partial charge < -0.3 is 0 Å². The van der Waals surface area contributed by atoms with E-state index in [1.165, 1.54) is 22.5 Å². The molecule has 0 saturated carbocycles. The molecule has 0 radical (unpaired) electrons. The lowest BCUT2D eigenvalue weighted by Gasteiger charge is -2.04. The van der Waals surface area contributed by atoms with Crippen LogP contribution in [0.1, 0.15) is 15.2 Å². The molecule has 0 spiro atoms. The number of carbonyl (C=O) groups excluding carboxylic acids is 1. The van der Waals surface area contributed by atoms with Gasteiger partial charge in [0.2, 0.25) is 0 Å². The Balaban J connectivity index is 1.56. The third kappa shape index (κ3) is 3.91. The first-order valence-corrected chi connectivity index (χ1v) is 10.4. The number of rotatable bonds is 4. The van der Waals surface area contributed by atoms with Crippen LogP contribution in [0, 0.1) is 6.92 Å². The molecular formula is C23H17BrN2OS. The zero-order valence-corrected chi connectivity index (χ0v) is 17.5. The van der Waals surface area contributed by atoms with Gasteiger partial charge in [-0.15, -0.1) is 11.3 Å². The minimum Gasteiger partial charge on any atom is -0.298 e. The van der Waals surface area contributed by atoms with Crippen molar-refractivity contribution in [2.45, 2.75) is 6.92 Å². The highest BCUT2D eigenvalue weighted by Crippen LogP contribution is 2.32. The lowest BCUT2D eigenvalue weighted by Crippen LogP contribution is -2.12.